The lowest BCUT2D eigenvalue weighted by molar-refractivity contribution is -0.138. The Morgan fingerprint density at radius 2 is 1.63 bits per heavy atom. The highest BCUT2D eigenvalue weighted by atomic mass is 19.1. The van der Waals surface area contributed by atoms with Crippen molar-refractivity contribution >= 4 is 23.5 Å². The van der Waals surface area contributed by atoms with Crippen LogP contribution >= 0.6 is 0 Å². The molecule has 0 N–H and O–H groups in total. The molecule has 1 aliphatic rings. The monoisotopic (exact) mass is 398 g/mol. The predicted octanol–water partition coefficient (Wildman–Crippen LogP) is 4.45. The summed E-state index contributed by atoms with van der Waals surface area (Å²) in [6.45, 7) is 0. The first-order chi connectivity index (χ1) is 14.5. The van der Waals surface area contributed by atoms with Gasteiger partial charge in [-0.25, -0.2) is 4.39 Å². The quantitative estimate of drug-likeness (QED) is 0.483. The van der Waals surface area contributed by atoms with Crippen LogP contribution in [0.25, 0.3) is 23.0 Å². The molecule has 146 valence electrons. The highest BCUT2D eigenvalue weighted by molar-refractivity contribution is 6.28. The van der Waals surface area contributed by atoms with Crippen LogP contribution in [0.3, 0.4) is 0 Å². The molecule has 0 bridgehead atoms. The summed E-state index contributed by atoms with van der Waals surface area (Å²) in [6.07, 6.45) is 1.51. The van der Waals surface area contributed by atoms with Gasteiger partial charge in [-0.1, -0.05) is 30.3 Å². The minimum atomic E-state index is -0.648. The van der Waals surface area contributed by atoms with Gasteiger partial charge in [0.05, 0.1) is 5.57 Å². The van der Waals surface area contributed by atoms with E-state index >= 15 is 0 Å². The molecule has 2 aromatic carbocycles. The van der Waals surface area contributed by atoms with Crippen molar-refractivity contribution in [1.29, 1.82) is 5.26 Å². The number of halogens is 1. The average Bonchev–Trinajstić information content (AvgIpc) is 3.23. The molecule has 2 heterocycles. The number of benzene rings is 2. The summed E-state index contributed by atoms with van der Waals surface area (Å²) in [5, 5.41) is 9.61. The number of carbonyl (C=O) groups excluding carboxylic acids is 2. The zero-order chi connectivity index (χ0) is 21.3. The maximum atomic E-state index is 13.2. The number of imide groups is 1. The molecule has 3 aromatic rings. The lowest BCUT2D eigenvalue weighted by Crippen LogP contribution is -2.39. The fourth-order valence-corrected chi connectivity index (χ4v) is 3.27. The molecule has 4 rings (SSSR count). The van der Waals surface area contributed by atoms with Crippen molar-refractivity contribution in [3.63, 3.8) is 0 Å². The van der Waals surface area contributed by atoms with Gasteiger partial charge >= 0.3 is 0 Å². The summed E-state index contributed by atoms with van der Waals surface area (Å²) >= 11 is 0. The minimum Gasteiger partial charge on any atom is -0.457 e. The number of hydrogen-bond donors (Lipinski definition) is 0. The van der Waals surface area contributed by atoms with Crippen LogP contribution in [-0.2, 0) is 9.59 Å². The fourth-order valence-electron chi connectivity index (χ4n) is 3.27. The minimum absolute atomic E-state index is 0.111. The number of nitriles is 1. The maximum Gasteiger partial charge on any atom is 0.271 e. The van der Waals surface area contributed by atoms with Gasteiger partial charge in [0.2, 0.25) is 0 Å². The van der Waals surface area contributed by atoms with Crippen molar-refractivity contribution in [3.05, 3.63) is 95.0 Å². The molecule has 0 fully saturated rings. The number of rotatable bonds is 3. The second kappa shape index (κ2) is 7.64. The molecule has 5 nitrogen and oxygen atoms in total. The maximum absolute atomic E-state index is 13.2. The number of nitrogens with zero attached hydrogens (tertiary/aromatic N) is 2. The van der Waals surface area contributed by atoms with Crippen LogP contribution in [0.1, 0.15) is 11.3 Å². The summed E-state index contributed by atoms with van der Waals surface area (Å²) in [6, 6.07) is 20.0. The van der Waals surface area contributed by atoms with Gasteiger partial charge in [0.15, 0.2) is 0 Å². The van der Waals surface area contributed by atoms with Crippen molar-refractivity contribution in [2.45, 2.75) is 0 Å². The third-order valence-corrected chi connectivity index (χ3v) is 4.79. The molecule has 1 aliphatic heterocycles. The summed E-state index contributed by atoms with van der Waals surface area (Å²) in [7, 11) is 1.34. The molecule has 0 saturated carbocycles. The molecule has 6 heteroatoms. The SMILES string of the molecule is CN1C(=O)C(C#N)=C(c2ccccc2)/C(=C\c2ccc(-c3ccc(F)cc3)o2)C1=O. The van der Waals surface area contributed by atoms with Crippen LogP contribution in [0.4, 0.5) is 4.39 Å². The summed E-state index contributed by atoms with van der Waals surface area (Å²) in [5.74, 6) is -0.663. The second-order valence-corrected chi connectivity index (χ2v) is 6.66. The van der Waals surface area contributed by atoms with Crippen LogP contribution in [0.15, 0.2) is 82.3 Å². The van der Waals surface area contributed by atoms with Crippen molar-refractivity contribution in [2.75, 3.05) is 7.05 Å². The number of carbonyl (C=O) groups is 2. The van der Waals surface area contributed by atoms with Gasteiger partial charge in [0.1, 0.15) is 29.0 Å². The van der Waals surface area contributed by atoms with Gasteiger partial charge in [0, 0.05) is 18.2 Å². The molecule has 0 saturated heterocycles. The molecule has 0 spiro atoms. The van der Waals surface area contributed by atoms with Gasteiger partial charge in [-0.2, -0.15) is 5.26 Å². The molecule has 0 unspecified atom stereocenters. The van der Waals surface area contributed by atoms with Gasteiger partial charge in [-0.3, -0.25) is 14.5 Å². The van der Waals surface area contributed by atoms with Crippen molar-refractivity contribution < 1.29 is 18.4 Å². The van der Waals surface area contributed by atoms with E-state index in [0.717, 1.165) is 4.90 Å². The highest BCUT2D eigenvalue weighted by Crippen LogP contribution is 2.35. The average molecular weight is 398 g/mol. The number of hydrogen-bond acceptors (Lipinski definition) is 4. The van der Waals surface area contributed by atoms with Crippen LogP contribution in [0.5, 0.6) is 0 Å². The van der Waals surface area contributed by atoms with E-state index in [9.17, 15) is 19.2 Å². The number of amides is 2. The Kier molecular flexibility index (Phi) is 4.87. The molecule has 0 radical (unpaired) electrons. The molecule has 30 heavy (non-hydrogen) atoms. The molecule has 0 atom stereocenters. The molecule has 0 aliphatic carbocycles. The first kappa shape index (κ1) is 19.1. The largest absolute Gasteiger partial charge is 0.457 e. The van der Waals surface area contributed by atoms with Crippen LogP contribution < -0.4 is 0 Å². The normalized spacial score (nSPS) is 15.6. The molecular weight excluding hydrogens is 383 g/mol. The van der Waals surface area contributed by atoms with Crippen molar-refractivity contribution in [1.82, 2.24) is 4.90 Å². The van der Waals surface area contributed by atoms with E-state index in [4.69, 9.17) is 4.42 Å². The Morgan fingerprint density at radius 3 is 2.30 bits per heavy atom. The van der Waals surface area contributed by atoms with E-state index in [1.54, 1.807) is 54.6 Å². The topological polar surface area (TPSA) is 74.3 Å². The Hall–Kier alpha value is -4.24. The smallest absolute Gasteiger partial charge is 0.271 e. The number of likely N-dealkylation sites (N-methyl/N-ethyl adjacent to an activating group) is 1. The van der Waals surface area contributed by atoms with Crippen LogP contribution in [0.2, 0.25) is 0 Å². The summed E-state index contributed by atoms with van der Waals surface area (Å²) in [4.78, 5) is 26.3. The third-order valence-electron chi connectivity index (χ3n) is 4.79. The van der Waals surface area contributed by atoms with Gasteiger partial charge < -0.3 is 4.42 Å². The zero-order valence-corrected chi connectivity index (χ0v) is 15.9. The van der Waals surface area contributed by atoms with Gasteiger partial charge in [-0.05, 0) is 48.0 Å². The first-order valence-corrected chi connectivity index (χ1v) is 9.09. The van der Waals surface area contributed by atoms with E-state index in [-0.39, 0.29) is 22.5 Å². The predicted molar refractivity (Wildman–Crippen MR) is 109 cm³/mol. The lowest BCUT2D eigenvalue weighted by atomic mass is 9.88. The molecule has 2 amide bonds. The van der Waals surface area contributed by atoms with Crippen molar-refractivity contribution in [2.24, 2.45) is 0 Å². The Balaban J connectivity index is 1.85. The fraction of sp³-hybridized carbons (Fsp3) is 0.0417. The molecular formula is C24H15FN2O3. The van der Waals surface area contributed by atoms with E-state index in [1.807, 2.05) is 6.07 Å². The van der Waals surface area contributed by atoms with E-state index in [2.05, 4.69) is 0 Å². The highest BCUT2D eigenvalue weighted by Gasteiger charge is 2.35. The first-order valence-electron chi connectivity index (χ1n) is 9.09. The second-order valence-electron chi connectivity index (χ2n) is 6.66. The van der Waals surface area contributed by atoms with Gasteiger partial charge in [-0.15, -0.1) is 0 Å². The van der Waals surface area contributed by atoms with Crippen LogP contribution in [-0.4, -0.2) is 23.8 Å². The number of furan rings is 1. The Morgan fingerprint density at radius 1 is 0.933 bits per heavy atom. The standard InChI is InChI=1S/C24H15FN2O3/c1-27-23(28)19(22(20(14-26)24(27)29)16-5-3-2-4-6-16)13-18-11-12-21(30-18)15-7-9-17(25)10-8-15/h2-13H,1H3/b19-13+. The third kappa shape index (κ3) is 3.33. The summed E-state index contributed by atoms with van der Waals surface area (Å²) < 4.78 is 19.0. The van der Waals surface area contributed by atoms with E-state index < -0.39 is 11.8 Å². The van der Waals surface area contributed by atoms with Crippen molar-refractivity contribution in [3.8, 4) is 17.4 Å². The zero-order valence-electron chi connectivity index (χ0n) is 15.9. The van der Waals surface area contributed by atoms with E-state index in [0.29, 0.717) is 22.6 Å². The molecule has 1 aromatic heterocycles. The Labute approximate surface area is 172 Å². The Bertz CT molecular complexity index is 1250. The van der Waals surface area contributed by atoms with Crippen LogP contribution in [0, 0.1) is 17.1 Å². The van der Waals surface area contributed by atoms with E-state index in [1.165, 1.54) is 25.3 Å². The van der Waals surface area contributed by atoms with Gasteiger partial charge in [0.25, 0.3) is 11.8 Å². The lowest BCUT2D eigenvalue weighted by Gasteiger charge is -2.25. The summed E-state index contributed by atoms with van der Waals surface area (Å²) in [5.41, 5.74) is 1.60.